The van der Waals surface area contributed by atoms with Crippen molar-refractivity contribution in [3.05, 3.63) is 30.2 Å². The number of primary sulfonamides is 1. The van der Waals surface area contributed by atoms with Gasteiger partial charge in [-0.05, 0) is 37.1 Å². The molecule has 1 aliphatic carbocycles. The van der Waals surface area contributed by atoms with E-state index in [0.29, 0.717) is 23.3 Å². The van der Waals surface area contributed by atoms with Gasteiger partial charge in [-0.25, -0.2) is 13.6 Å². The standard InChI is InChI=1S/C14H17N3O3S/c15-21(18,19)12-8-6-11(7-9-12)14-17-16-13(20-14)10-4-2-1-3-5-10/h6-10H,1-5H2,(H2,15,18,19). The second-order valence-electron chi connectivity index (χ2n) is 5.35. The van der Waals surface area contributed by atoms with Gasteiger partial charge in [0.1, 0.15) is 0 Å². The lowest BCUT2D eigenvalue weighted by Gasteiger charge is -2.17. The van der Waals surface area contributed by atoms with Crippen molar-refractivity contribution in [1.82, 2.24) is 10.2 Å². The molecule has 2 N–H and O–H groups in total. The van der Waals surface area contributed by atoms with Crippen LogP contribution in [0, 0.1) is 0 Å². The van der Waals surface area contributed by atoms with E-state index in [1.54, 1.807) is 12.1 Å². The minimum atomic E-state index is -3.68. The maximum Gasteiger partial charge on any atom is 0.247 e. The Labute approximate surface area is 123 Å². The lowest BCUT2D eigenvalue weighted by Crippen LogP contribution is -2.11. The van der Waals surface area contributed by atoms with E-state index in [0.717, 1.165) is 12.8 Å². The molecule has 3 rings (SSSR count). The third-order valence-electron chi connectivity index (χ3n) is 3.82. The predicted molar refractivity (Wildman–Crippen MR) is 76.9 cm³/mol. The van der Waals surface area contributed by atoms with E-state index < -0.39 is 10.0 Å². The Balaban J connectivity index is 1.82. The molecule has 0 atom stereocenters. The normalized spacial score (nSPS) is 17.0. The van der Waals surface area contributed by atoms with Gasteiger partial charge >= 0.3 is 0 Å². The molecule has 1 heterocycles. The van der Waals surface area contributed by atoms with Gasteiger partial charge in [0.15, 0.2) is 0 Å². The fourth-order valence-corrected chi connectivity index (χ4v) is 3.17. The highest BCUT2D eigenvalue weighted by molar-refractivity contribution is 7.89. The molecule has 6 nitrogen and oxygen atoms in total. The highest BCUT2D eigenvalue weighted by Crippen LogP contribution is 2.33. The highest BCUT2D eigenvalue weighted by Gasteiger charge is 2.21. The van der Waals surface area contributed by atoms with Gasteiger partial charge in [-0.2, -0.15) is 0 Å². The van der Waals surface area contributed by atoms with Gasteiger partial charge in [0.25, 0.3) is 0 Å². The quantitative estimate of drug-likeness (QED) is 0.938. The fourth-order valence-electron chi connectivity index (χ4n) is 2.65. The van der Waals surface area contributed by atoms with Gasteiger partial charge in [-0.1, -0.05) is 19.3 Å². The molecule has 112 valence electrons. The summed E-state index contributed by atoms with van der Waals surface area (Å²) in [5, 5.41) is 13.3. The second-order valence-corrected chi connectivity index (χ2v) is 6.91. The molecule has 0 aliphatic heterocycles. The molecule has 2 aromatic rings. The highest BCUT2D eigenvalue weighted by atomic mass is 32.2. The zero-order valence-corrected chi connectivity index (χ0v) is 12.3. The molecule has 0 saturated heterocycles. The molecule has 0 bridgehead atoms. The summed E-state index contributed by atoms with van der Waals surface area (Å²) < 4.78 is 28.2. The zero-order valence-electron chi connectivity index (χ0n) is 11.5. The van der Waals surface area contributed by atoms with Crippen LogP contribution in [-0.2, 0) is 10.0 Å². The molecule has 1 aromatic heterocycles. The van der Waals surface area contributed by atoms with Crippen molar-refractivity contribution in [1.29, 1.82) is 0 Å². The molecular formula is C14H17N3O3S. The Morgan fingerprint density at radius 3 is 2.33 bits per heavy atom. The minimum absolute atomic E-state index is 0.0678. The summed E-state index contributed by atoms with van der Waals surface area (Å²) in [5.41, 5.74) is 0.692. The SMILES string of the molecule is NS(=O)(=O)c1ccc(-c2nnc(C3CCCCC3)o2)cc1. The number of nitrogens with two attached hydrogens (primary N) is 1. The number of benzene rings is 1. The maximum absolute atomic E-state index is 11.2. The van der Waals surface area contributed by atoms with Crippen LogP contribution in [-0.4, -0.2) is 18.6 Å². The summed E-state index contributed by atoms with van der Waals surface area (Å²) in [5.74, 6) is 1.44. The second kappa shape index (κ2) is 5.57. The molecule has 1 fully saturated rings. The van der Waals surface area contributed by atoms with Crippen LogP contribution in [0.2, 0.25) is 0 Å². The molecular weight excluding hydrogens is 290 g/mol. The van der Waals surface area contributed by atoms with Crippen LogP contribution in [0.5, 0.6) is 0 Å². The van der Waals surface area contributed by atoms with Crippen molar-refractivity contribution in [2.45, 2.75) is 42.9 Å². The fraction of sp³-hybridized carbons (Fsp3) is 0.429. The van der Waals surface area contributed by atoms with Crippen molar-refractivity contribution in [3.63, 3.8) is 0 Å². The van der Waals surface area contributed by atoms with Crippen molar-refractivity contribution in [2.75, 3.05) is 0 Å². The Morgan fingerprint density at radius 1 is 1.05 bits per heavy atom. The summed E-state index contributed by atoms with van der Waals surface area (Å²) in [6.45, 7) is 0. The summed E-state index contributed by atoms with van der Waals surface area (Å²) in [7, 11) is -3.68. The lowest BCUT2D eigenvalue weighted by atomic mass is 9.89. The van der Waals surface area contributed by atoms with E-state index in [9.17, 15) is 8.42 Å². The maximum atomic E-state index is 11.2. The smallest absolute Gasteiger partial charge is 0.247 e. The number of hydrogen-bond donors (Lipinski definition) is 1. The van der Waals surface area contributed by atoms with Crippen LogP contribution in [0.15, 0.2) is 33.6 Å². The van der Waals surface area contributed by atoms with Crippen LogP contribution in [0.3, 0.4) is 0 Å². The lowest BCUT2D eigenvalue weighted by molar-refractivity contribution is 0.367. The molecule has 0 radical (unpaired) electrons. The molecule has 0 amide bonds. The van der Waals surface area contributed by atoms with E-state index in [-0.39, 0.29) is 4.90 Å². The number of hydrogen-bond acceptors (Lipinski definition) is 5. The zero-order chi connectivity index (χ0) is 14.9. The first kappa shape index (κ1) is 14.2. The topological polar surface area (TPSA) is 99.1 Å². The third-order valence-corrected chi connectivity index (χ3v) is 4.75. The van der Waals surface area contributed by atoms with Crippen molar-refractivity contribution < 1.29 is 12.8 Å². The molecule has 1 aliphatic rings. The number of aromatic nitrogens is 2. The number of rotatable bonds is 3. The predicted octanol–water partition coefficient (Wildman–Crippen LogP) is 2.43. The first-order valence-corrected chi connectivity index (χ1v) is 8.55. The van der Waals surface area contributed by atoms with E-state index in [1.807, 2.05) is 0 Å². The first-order valence-electron chi connectivity index (χ1n) is 7.01. The number of sulfonamides is 1. The summed E-state index contributed by atoms with van der Waals surface area (Å²) >= 11 is 0. The molecule has 1 aromatic carbocycles. The van der Waals surface area contributed by atoms with E-state index in [4.69, 9.17) is 9.56 Å². The Kier molecular flexibility index (Phi) is 3.77. The Morgan fingerprint density at radius 2 is 1.71 bits per heavy atom. The van der Waals surface area contributed by atoms with Crippen LogP contribution in [0.4, 0.5) is 0 Å². The molecule has 0 unspecified atom stereocenters. The average Bonchev–Trinajstić information content (AvgIpc) is 2.97. The van der Waals surface area contributed by atoms with Gasteiger partial charge in [-0.15, -0.1) is 10.2 Å². The molecule has 1 saturated carbocycles. The van der Waals surface area contributed by atoms with Gasteiger partial charge < -0.3 is 4.42 Å². The molecule has 21 heavy (non-hydrogen) atoms. The summed E-state index contributed by atoms with van der Waals surface area (Å²) in [6.07, 6.45) is 5.85. The third kappa shape index (κ3) is 3.14. The van der Waals surface area contributed by atoms with E-state index >= 15 is 0 Å². The summed E-state index contributed by atoms with van der Waals surface area (Å²) in [4.78, 5) is 0.0678. The average molecular weight is 307 g/mol. The van der Waals surface area contributed by atoms with E-state index in [1.165, 1.54) is 31.4 Å². The van der Waals surface area contributed by atoms with Crippen molar-refractivity contribution in [2.24, 2.45) is 5.14 Å². The van der Waals surface area contributed by atoms with Crippen LogP contribution < -0.4 is 5.14 Å². The molecule has 0 spiro atoms. The van der Waals surface area contributed by atoms with Gasteiger partial charge in [0.05, 0.1) is 4.90 Å². The summed E-state index contributed by atoms with van der Waals surface area (Å²) in [6, 6.07) is 6.13. The van der Waals surface area contributed by atoms with Crippen LogP contribution >= 0.6 is 0 Å². The van der Waals surface area contributed by atoms with Crippen molar-refractivity contribution in [3.8, 4) is 11.5 Å². The monoisotopic (exact) mass is 307 g/mol. The molecule has 7 heteroatoms. The Bertz CT molecular complexity index is 716. The van der Waals surface area contributed by atoms with Gasteiger partial charge in [0, 0.05) is 11.5 Å². The van der Waals surface area contributed by atoms with Gasteiger partial charge in [0.2, 0.25) is 21.8 Å². The van der Waals surface area contributed by atoms with Crippen LogP contribution in [0.1, 0.15) is 43.9 Å². The van der Waals surface area contributed by atoms with Gasteiger partial charge in [-0.3, -0.25) is 0 Å². The number of nitrogens with zero attached hydrogens (tertiary/aromatic N) is 2. The van der Waals surface area contributed by atoms with Crippen LogP contribution in [0.25, 0.3) is 11.5 Å². The first-order chi connectivity index (χ1) is 10.0. The Hall–Kier alpha value is -1.73. The van der Waals surface area contributed by atoms with Crippen molar-refractivity contribution >= 4 is 10.0 Å². The minimum Gasteiger partial charge on any atom is -0.420 e. The largest absolute Gasteiger partial charge is 0.420 e. The van der Waals surface area contributed by atoms with E-state index in [2.05, 4.69) is 10.2 Å².